The van der Waals surface area contributed by atoms with Crippen LogP contribution in [0, 0.1) is 5.82 Å². The van der Waals surface area contributed by atoms with Gasteiger partial charge in [0.05, 0.1) is 5.92 Å². The second-order valence-electron chi connectivity index (χ2n) is 8.56. The Morgan fingerprint density at radius 2 is 1.53 bits per heavy atom. The van der Waals surface area contributed by atoms with Gasteiger partial charge in [-0.2, -0.15) is 11.8 Å². The number of nitrogens with zero attached hydrogens (tertiary/aromatic N) is 1. The van der Waals surface area contributed by atoms with E-state index >= 15 is 0 Å². The number of carboxylic acids is 1. The van der Waals surface area contributed by atoms with Crippen LogP contribution in [0.1, 0.15) is 35.4 Å². The van der Waals surface area contributed by atoms with Crippen molar-refractivity contribution in [3.8, 4) is 0 Å². The van der Waals surface area contributed by atoms with Gasteiger partial charge in [0, 0.05) is 11.8 Å². The van der Waals surface area contributed by atoms with E-state index in [9.17, 15) is 19.1 Å². The van der Waals surface area contributed by atoms with Crippen LogP contribution in [0.15, 0.2) is 84.9 Å². The third-order valence-electron chi connectivity index (χ3n) is 6.22. The number of carboxylic acid groups (broad SMARTS) is 1. The van der Waals surface area contributed by atoms with Crippen molar-refractivity contribution in [3.63, 3.8) is 0 Å². The molecular formula is C28H28FNO3S. The van der Waals surface area contributed by atoms with Gasteiger partial charge < -0.3 is 10.0 Å². The monoisotopic (exact) mass is 477 g/mol. The molecule has 1 aliphatic rings. The van der Waals surface area contributed by atoms with E-state index < -0.39 is 17.9 Å². The van der Waals surface area contributed by atoms with Crippen molar-refractivity contribution in [1.82, 2.24) is 4.90 Å². The molecule has 4 nitrogen and oxygen atoms in total. The average Bonchev–Trinajstić information content (AvgIpc) is 3.29. The predicted octanol–water partition coefficient (Wildman–Crippen LogP) is 5.38. The van der Waals surface area contributed by atoms with Crippen LogP contribution in [0.5, 0.6) is 0 Å². The van der Waals surface area contributed by atoms with Crippen LogP contribution in [-0.2, 0) is 16.0 Å². The van der Waals surface area contributed by atoms with Crippen LogP contribution in [0.3, 0.4) is 0 Å². The standard InChI is InChI=1S/C28H28FNO3S/c29-23-15-13-20(14-16-23)8-7-17-34-24-18-25(28(32)33)30(19-24)27(31)26(21-9-3-1-4-10-21)22-11-5-2-6-12-22/h1-6,9-16,24-26H,7-8,17-19H2,(H,32,33)/t24-,25-/m1/s1. The van der Waals surface area contributed by atoms with Gasteiger partial charge in [-0.1, -0.05) is 72.8 Å². The Labute approximate surface area is 203 Å². The lowest BCUT2D eigenvalue weighted by molar-refractivity contribution is -0.148. The maximum absolute atomic E-state index is 13.8. The fourth-order valence-corrected chi connectivity index (χ4v) is 5.74. The molecule has 0 saturated carbocycles. The molecular weight excluding hydrogens is 449 g/mol. The first-order valence-corrected chi connectivity index (χ1v) is 12.6. The molecule has 3 aromatic rings. The van der Waals surface area contributed by atoms with E-state index in [1.54, 1.807) is 28.8 Å². The largest absolute Gasteiger partial charge is 0.480 e. The smallest absolute Gasteiger partial charge is 0.326 e. The quantitative estimate of drug-likeness (QED) is 0.421. The van der Waals surface area contributed by atoms with Gasteiger partial charge >= 0.3 is 5.97 Å². The molecule has 0 unspecified atom stereocenters. The lowest BCUT2D eigenvalue weighted by Gasteiger charge is -2.27. The molecule has 1 N–H and O–H groups in total. The molecule has 0 radical (unpaired) electrons. The second kappa shape index (κ2) is 11.3. The zero-order valence-corrected chi connectivity index (χ0v) is 19.7. The summed E-state index contributed by atoms with van der Waals surface area (Å²) in [4.78, 5) is 27.4. The molecule has 0 aromatic heterocycles. The minimum absolute atomic E-state index is 0.0745. The Morgan fingerprint density at radius 1 is 0.941 bits per heavy atom. The minimum atomic E-state index is -0.956. The number of hydrogen-bond donors (Lipinski definition) is 1. The molecule has 1 saturated heterocycles. The fraction of sp³-hybridized carbons (Fsp3) is 0.286. The summed E-state index contributed by atoms with van der Waals surface area (Å²) in [6.07, 6.45) is 2.20. The number of thioether (sulfide) groups is 1. The van der Waals surface area contributed by atoms with Crippen molar-refractivity contribution in [2.45, 2.75) is 36.5 Å². The molecule has 1 fully saturated rings. The number of aliphatic carboxylic acids is 1. The zero-order chi connectivity index (χ0) is 23.9. The highest BCUT2D eigenvalue weighted by atomic mass is 32.2. The lowest BCUT2D eigenvalue weighted by Crippen LogP contribution is -2.43. The second-order valence-corrected chi connectivity index (χ2v) is 9.97. The summed E-state index contributed by atoms with van der Waals surface area (Å²) in [6.45, 7) is 0.424. The Hall–Kier alpha value is -3.12. The Morgan fingerprint density at radius 3 is 2.09 bits per heavy atom. The summed E-state index contributed by atoms with van der Waals surface area (Å²) >= 11 is 1.72. The van der Waals surface area contributed by atoms with Crippen LogP contribution in [-0.4, -0.2) is 45.5 Å². The van der Waals surface area contributed by atoms with Crippen molar-refractivity contribution in [1.29, 1.82) is 0 Å². The molecule has 4 rings (SSSR count). The van der Waals surface area contributed by atoms with Crippen LogP contribution in [0.2, 0.25) is 0 Å². The maximum atomic E-state index is 13.8. The van der Waals surface area contributed by atoms with Gasteiger partial charge in [0.2, 0.25) is 5.91 Å². The van der Waals surface area contributed by atoms with E-state index in [1.165, 1.54) is 12.1 Å². The van der Waals surface area contributed by atoms with Gasteiger partial charge in [-0.15, -0.1) is 0 Å². The van der Waals surface area contributed by atoms with Crippen LogP contribution in [0.4, 0.5) is 4.39 Å². The van der Waals surface area contributed by atoms with E-state index in [1.807, 2.05) is 60.7 Å². The van der Waals surface area contributed by atoms with Crippen molar-refractivity contribution in [2.24, 2.45) is 0 Å². The van der Waals surface area contributed by atoms with E-state index in [0.717, 1.165) is 35.3 Å². The van der Waals surface area contributed by atoms with Crippen molar-refractivity contribution >= 4 is 23.6 Å². The number of aryl methyl sites for hydroxylation is 1. The van der Waals surface area contributed by atoms with Crippen molar-refractivity contribution in [2.75, 3.05) is 12.3 Å². The summed E-state index contributed by atoms with van der Waals surface area (Å²) in [6, 6.07) is 24.8. The first-order valence-electron chi connectivity index (χ1n) is 11.5. The van der Waals surface area contributed by atoms with Gasteiger partial charge in [0.1, 0.15) is 11.9 Å². The third kappa shape index (κ3) is 5.86. The van der Waals surface area contributed by atoms with Crippen molar-refractivity contribution in [3.05, 3.63) is 107 Å². The highest BCUT2D eigenvalue weighted by molar-refractivity contribution is 7.99. The topological polar surface area (TPSA) is 57.6 Å². The number of halogens is 1. The van der Waals surface area contributed by atoms with Gasteiger partial charge in [-0.25, -0.2) is 9.18 Å². The molecule has 176 valence electrons. The summed E-state index contributed by atoms with van der Waals surface area (Å²) < 4.78 is 13.1. The van der Waals surface area contributed by atoms with Gasteiger partial charge in [-0.3, -0.25) is 4.79 Å². The summed E-state index contributed by atoms with van der Waals surface area (Å²) in [5.41, 5.74) is 2.80. The zero-order valence-electron chi connectivity index (χ0n) is 18.8. The molecule has 0 bridgehead atoms. The van der Waals surface area contributed by atoms with Crippen LogP contribution < -0.4 is 0 Å². The van der Waals surface area contributed by atoms with Gasteiger partial charge in [-0.05, 0) is 53.8 Å². The highest BCUT2D eigenvalue weighted by Crippen LogP contribution is 2.34. The maximum Gasteiger partial charge on any atom is 0.326 e. The molecule has 1 amide bonds. The Bertz CT molecular complexity index is 1050. The first-order chi connectivity index (χ1) is 16.5. The van der Waals surface area contributed by atoms with Gasteiger partial charge in [0.25, 0.3) is 0 Å². The number of hydrogen-bond acceptors (Lipinski definition) is 3. The fourth-order valence-electron chi connectivity index (χ4n) is 4.51. The molecule has 2 atom stereocenters. The first kappa shape index (κ1) is 24.0. The number of benzene rings is 3. The lowest BCUT2D eigenvalue weighted by atomic mass is 9.90. The number of carbonyl (C=O) groups excluding carboxylic acids is 1. The number of amides is 1. The van der Waals surface area contributed by atoms with Crippen LogP contribution in [0.25, 0.3) is 0 Å². The van der Waals surface area contributed by atoms with E-state index in [2.05, 4.69) is 0 Å². The van der Waals surface area contributed by atoms with Crippen LogP contribution >= 0.6 is 11.8 Å². The number of rotatable bonds is 9. The SMILES string of the molecule is O=C(O)[C@H]1C[C@@H](SCCCc2ccc(F)cc2)CN1C(=O)C(c1ccccc1)c1ccccc1. The van der Waals surface area contributed by atoms with Gasteiger partial charge in [0.15, 0.2) is 0 Å². The van der Waals surface area contributed by atoms with E-state index in [4.69, 9.17) is 0 Å². The molecule has 6 heteroatoms. The molecule has 0 spiro atoms. The predicted molar refractivity (Wildman–Crippen MR) is 133 cm³/mol. The third-order valence-corrected chi connectivity index (χ3v) is 7.56. The Balaban J connectivity index is 1.44. The summed E-state index contributed by atoms with van der Waals surface area (Å²) in [7, 11) is 0. The average molecular weight is 478 g/mol. The number of carbonyl (C=O) groups is 2. The normalized spacial score (nSPS) is 17.8. The molecule has 3 aromatic carbocycles. The Kier molecular flexibility index (Phi) is 8.01. The summed E-state index contributed by atoms with van der Waals surface area (Å²) in [5.74, 6) is -1.04. The molecule has 1 aliphatic heterocycles. The molecule has 0 aliphatic carbocycles. The molecule has 34 heavy (non-hydrogen) atoms. The number of likely N-dealkylation sites (tertiary alicyclic amines) is 1. The molecule has 1 heterocycles. The summed E-state index contributed by atoms with van der Waals surface area (Å²) in [5, 5.41) is 9.96. The highest BCUT2D eigenvalue weighted by Gasteiger charge is 2.42. The van der Waals surface area contributed by atoms with E-state index in [0.29, 0.717) is 13.0 Å². The van der Waals surface area contributed by atoms with E-state index in [-0.39, 0.29) is 17.0 Å². The minimum Gasteiger partial charge on any atom is -0.480 e. The van der Waals surface area contributed by atoms with Crippen molar-refractivity contribution < 1.29 is 19.1 Å².